The van der Waals surface area contributed by atoms with Crippen LogP contribution in [0.4, 0.5) is 4.39 Å². The molecule has 18 heavy (non-hydrogen) atoms. The summed E-state index contributed by atoms with van der Waals surface area (Å²) in [5.74, 6) is 0.112. The molecule has 94 valence electrons. The third-order valence-electron chi connectivity index (χ3n) is 2.25. The topological polar surface area (TPSA) is 34.1 Å². The quantitative estimate of drug-likeness (QED) is 0.938. The molecule has 0 bridgehead atoms. The summed E-state index contributed by atoms with van der Waals surface area (Å²) in [7, 11) is 1.84. The Hall–Kier alpha value is -1.46. The SMILES string of the molecule is CNCc1cccc(Oc2ccc(Br)cc2F)n1. The van der Waals surface area contributed by atoms with E-state index in [9.17, 15) is 4.39 Å². The van der Waals surface area contributed by atoms with E-state index in [0.717, 1.165) is 5.69 Å². The van der Waals surface area contributed by atoms with Crippen LogP contribution < -0.4 is 10.1 Å². The molecule has 1 aromatic carbocycles. The highest BCUT2D eigenvalue weighted by molar-refractivity contribution is 9.10. The number of rotatable bonds is 4. The standard InChI is InChI=1S/C13H12BrFN2O/c1-16-8-10-3-2-4-13(17-10)18-12-6-5-9(14)7-11(12)15/h2-7,16H,8H2,1H3. The van der Waals surface area contributed by atoms with Gasteiger partial charge in [-0.15, -0.1) is 0 Å². The van der Waals surface area contributed by atoms with Gasteiger partial charge in [-0.05, 0) is 31.3 Å². The van der Waals surface area contributed by atoms with Crippen LogP contribution in [0.1, 0.15) is 5.69 Å². The lowest BCUT2D eigenvalue weighted by Crippen LogP contribution is -2.07. The predicted octanol–water partition coefficient (Wildman–Crippen LogP) is 3.49. The molecule has 1 aromatic heterocycles. The van der Waals surface area contributed by atoms with Gasteiger partial charge in [0.1, 0.15) is 0 Å². The van der Waals surface area contributed by atoms with Crippen molar-refractivity contribution >= 4 is 15.9 Å². The third kappa shape index (κ3) is 3.27. The number of benzene rings is 1. The third-order valence-corrected chi connectivity index (χ3v) is 2.74. The Morgan fingerprint density at radius 1 is 1.33 bits per heavy atom. The van der Waals surface area contributed by atoms with Gasteiger partial charge in [0.15, 0.2) is 11.6 Å². The molecule has 0 aliphatic carbocycles. The Morgan fingerprint density at radius 2 is 2.17 bits per heavy atom. The summed E-state index contributed by atoms with van der Waals surface area (Å²) in [6, 6.07) is 10.0. The average molecular weight is 311 g/mol. The second-order valence-electron chi connectivity index (χ2n) is 3.67. The fourth-order valence-electron chi connectivity index (χ4n) is 1.46. The van der Waals surface area contributed by atoms with Crippen LogP contribution >= 0.6 is 15.9 Å². The number of halogens is 2. The lowest BCUT2D eigenvalue weighted by molar-refractivity contribution is 0.425. The van der Waals surface area contributed by atoms with Gasteiger partial charge in [0.05, 0.1) is 5.69 Å². The smallest absolute Gasteiger partial charge is 0.219 e. The number of hydrogen-bond donors (Lipinski definition) is 1. The molecule has 2 rings (SSSR count). The lowest BCUT2D eigenvalue weighted by atomic mass is 10.3. The van der Waals surface area contributed by atoms with Crippen LogP contribution in [0.15, 0.2) is 40.9 Å². The van der Waals surface area contributed by atoms with Crippen LogP contribution in [0.5, 0.6) is 11.6 Å². The number of nitrogens with zero attached hydrogens (tertiary/aromatic N) is 1. The predicted molar refractivity (Wildman–Crippen MR) is 71.2 cm³/mol. The highest BCUT2D eigenvalue weighted by Gasteiger charge is 2.06. The molecule has 0 fully saturated rings. The van der Waals surface area contributed by atoms with Crippen molar-refractivity contribution in [2.24, 2.45) is 0 Å². The average Bonchev–Trinajstić information content (AvgIpc) is 2.34. The van der Waals surface area contributed by atoms with Gasteiger partial charge in [0.25, 0.3) is 0 Å². The van der Waals surface area contributed by atoms with Gasteiger partial charge >= 0.3 is 0 Å². The van der Waals surface area contributed by atoms with E-state index >= 15 is 0 Å². The van der Waals surface area contributed by atoms with Gasteiger partial charge in [0, 0.05) is 17.1 Å². The van der Waals surface area contributed by atoms with E-state index in [4.69, 9.17) is 4.74 Å². The summed E-state index contributed by atoms with van der Waals surface area (Å²) in [6.45, 7) is 0.639. The van der Waals surface area contributed by atoms with Crippen molar-refractivity contribution in [3.63, 3.8) is 0 Å². The molecule has 0 atom stereocenters. The van der Waals surface area contributed by atoms with Crippen molar-refractivity contribution in [3.8, 4) is 11.6 Å². The molecule has 0 aliphatic heterocycles. The first-order chi connectivity index (χ1) is 8.69. The molecule has 1 N–H and O–H groups in total. The van der Waals surface area contributed by atoms with Gasteiger partial charge < -0.3 is 10.1 Å². The number of nitrogens with one attached hydrogen (secondary N) is 1. The molecule has 0 aliphatic rings. The zero-order valence-corrected chi connectivity index (χ0v) is 11.4. The number of pyridine rings is 1. The maximum absolute atomic E-state index is 13.6. The molecule has 0 amide bonds. The Bertz CT molecular complexity index is 548. The van der Waals surface area contributed by atoms with Crippen LogP contribution in [-0.4, -0.2) is 12.0 Å². The molecule has 0 saturated heterocycles. The fourth-order valence-corrected chi connectivity index (χ4v) is 1.80. The second-order valence-corrected chi connectivity index (χ2v) is 4.59. The summed E-state index contributed by atoms with van der Waals surface area (Å²) in [6.07, 6.45) is 0. The zero-order valence-electron chi connectivity index (χ0n) is 9.78. The molecule has 5 heteroatoms. The van der Waals surface area contributed by atoms with Crippen molar-refractivity contribution in [1.29, 1.82) is 0 Å². The minimum atomic E-state index is -0.426. The molecule has 3 nitrogen and oxygen atoms in total. The number of hydrogen-bond acceptors (Lipinski definition) is 3. The maximum Gasteiger partial charge on any atom is 0.219 e. The Balaban J connectivity index is 2.20. The molecule has 0 radical (unpaired) electrons. The van der Waals surface area contributed by atoms with E-state index in [1.807, 2.05) is 19.2 Å². The minimum Gasteiger partial charge on any atom is -0.436 e. The van der Waals surface area contributed by atoms with Gasteiger partial charge in [0.2, 0.25) is 5.88 Å². The number of ether oxygens (including phenoxy) is 1. The van der Waals surface area contributed by atoms with E-state index in [1.54, 1.807) is 18.2 Å². The number of aromatic nitrogens is 1. The van der Waals surface area contributed by atoms with E-state index in [-0.39, 0.29) is 5.75 Å². The van der Waals surface area contributed by atoms with E-state index in [2.05, 4.69) is 26.2 Å². The first-order valence-corrected chi connectivity index (χ1v) is 6.22. The van der Waals surface area contributed by atoms with Crippen molar-refractivity contribution in [2.45, 2.75) is 6.54 Å². The summed E-state index contributed by atoms with van der Waals surface area (Å²) in [5.41, 5.74) is 0.840. The van der Waals surface area contributed by atoms with E-state index in [1.165, 1.54) is 6.07 Å². The highest BCUT2D eigenvalue weighted by atomic mass is 79.9. The molecule has 1 heterocycles. The second kappa shape index (κ2) is 5.93. The summed E-state index contributed by atoms with van der Waals surface area (Å²) >= 11 is 3.19. The molecule has 0 spiro atoms. The minimum absolute atomic E-state index is 0.160. The van der Waals surface area contributed by atoms with E-state index < -0.39 is 5.82 Å². The summed E-state index contributed by atoms with van der Waals surface area (Å²) in [5, 5.41) is 3.00. The molecule has 0 unspecified atom stereocenters. The normalized spacial score (nSPS) is 10.4. The fraction of sp³-hybridized carbons (Fsp3) is 0.154. The summed E-state index contributed by atoms with van der Waals surface area (Å²) in [4.78, 5) is 4.26. The van der Waals surface area contributed by atoms with E-state index in [0.29, 0.717) is 16.9 Å². The largest absolute Gasteiger partial charge is 0.436 e. The van der Waals surface area contributed by atoms with Crippen LogP contribution in [0.25, 0.3) is 0 Å². The van der Waals surface area contributed by atoms with Crippen LogP contribution in [0.2, 0.25) is 0 Å². The van der Waals surface area contributed by atoms with Crippen LogP contribution in [0, 0.1) is 5.82 Å². The molecule has 2 aromatic rings. The summed E-state index contributed by atoms with van der Waals surface area (Å²) < 4.78 is 19.7. The van der Waals surface area contributed by atoms with Crippen molar-refractivity contribution in [3.05, 3.63) is 52.4 Å². The first-order valence-electron chi connectivity index (χ1n) is 5.42. The maximum atomic E-state index is 13.6. The Labute approximate surface area is 113 Å². The van der Waals surface area contributed by atoms with Gasteiger partial charge in [-0.25, -0.2) is 9.37 Å². The molecular formula is C13H12BrFN2O. The molecule has 0 saturated carbocycles. The van der Waals surface area contributed by atoms with Crippen molar-refractivity contribution < 1.29 is 9.13 Å². The Morgan fingerprint density at radius 3 is 2.89 bits per heavy atom. The highest BCUT2D eigenvalue weighted by Crippen LogP contribution is 2.25. The lowest BCUT2D eigenvalue weighted by Gasteiger charge is -2.07. The zero-order chi connectivity index (χ0) is 13.0. The van der Waals surface area contributed by atoms with Gasteiger partial charge in [-0.1, -0.05) is 22.0 Å². The van der Waals surface area contributed by atoms with Crippen LogP contribution in [-0.2, 0) is 6.54 Å². The van der Waals surface area contributed by atoms with Crippen LogP contribution in [0.3, 0.4) is 0 Å². The monoisotopic (exact) mass is 310 g/mol. The van der Waals surface area contributed by atoms with Crippen molar-refractivity contribution in [1.82, 2.24) is 10.3 Å². The first kappa shape index (κ1) is 13.0. The Kier molecular flexibility index (Phi) is 4.28. The van der Waals surface area contributed by atoms with Gasteiger partial charge in [-0.3, -0.25) is 0 Å². The van der Waals surface area contributed by atoms with Gasteiger partial charge in [-0.2, -0.15) is 0 Å². The van der Waals surface area contributed by atoms with Crippen molar-refractivity contribution in [2.75, 3.05) is 7.05 Å². The molecular weight excluding hydrogens is 299 g/mol.